The fourth-order valence-corrected chi connectivity index (χ4v) is 2.74. The summed E-state index contributed by atoms with van der Waals surface area (Å²) in [5.41, 5.74) is 2.13. The van der Waals surface area contributed by atoms with Gasteiger partial charge in [0.25, 0.3) is 0 Å². The lowest BCUT2D eigenvalue weighted by Gasteiger charge is -2.26. The second kappa shape index (κ2) is 9.98. The van der Waals surface area contributed by atoms with E-state index in [1.807, 2.05) is 43.3 Å². The van der Waals surface area contributed by atoms with Crippen molar-refractivity contribution in [3.05, 3.63) is 59.7 Å². The van der Waals surface area contributed by atoms with Crippen molar-refractivity contribution in [1.82, 2.24) is 0 Å². The van der Waals surface area contributed by atoms with Crippen LogP contribution in [0.25, 0.3) is 0 Å². The van der Waals surface area contributed by atoms with Gasteiger partial charge in [-0.1, -0.05) is 45.0 Å². The van der Waals surface area contributed by atoms with Crippen molar-refractivity contribution in [3.8, 4) is 11.5 Å². The molecule has 0 fully saturated rings. The molecule has 0 aliphatic carbocycles. The summed E-state index contributed by atoms with van der Waals surface area (Å²) in [4.78, 5) is 0. The van der Waals surface area contributed by atoms with Crippen molar-refractivity contribution in [2.75, 3.05) is 19.1 Å². The van der Waals surface area contributed by atoms with Crippen molar-refractivity contribution in [1.29, 1.82) is 0 Å². The van der Waals surface area contributed by atoms with E-state index < -0.39 is 12.2 Å². The molecule has 0 amide bonds. The molecule has 2 atom stereocenters. The second-order valence-corrected chi connectivity index (χ2v) is 7.47. The standard InChI is InChI=1S/C22H29ClO4/c1-4-18(24)14-26-20-9-5-16(6-10-20)22(2,3)17-7-11-21(12-8-17)27-15-19(25)13-23/h5-12,18-19,24-25H,4,13-15H2,1-3H3. The predicted molar refractivity (Wildman–Crippen MR) is 109 cm³/mol. The zero-order valence-electron chi connectivity index (χ0n) is 16.2. The van der Waals surface area contributed by atoms with E-state index in [-0.39, 0.29) is 17.9 Å². The second-order valence-electron chi connectivity index (χ2n) is 7.17. The number of benzene rings is 2. The fraction of sp³-hybridized carbons (Fsp3) is 0.455. The molecule has 148 valence electrons. The first-order chi connectivity index (χ1) is 12.9. The molecule has 2 aromatic rings. The lowest BCUT2D eigenvalue weighted by Crippen LogP contribution is -2.20. The first kappa shape index (κ1) is 21.5. The number of halogens is 1. The van der Waals surface area contributed by atoms with E-state index in [1.54, 1.807) is 0 Å². The average Bonchev–Trinajstić information content (AvgIpc) is 2.70. The highest BCUT2D eigenvalue weighted by atomic mass is 35.5. The van der Waals surface area contributed by atoms with Gasteiger partial charge in [-0.25, -0.2) is 0 Å². The Hall–Kier alpha value is -1.75. The van der Waals surface area contributed by atoms with E-state index >= 15 is 0 Å². The van der Waals surface area contributed by atoms with Crippen LogP contribution in [0.15, 0.2) is 48.5 Å². The molecule has 2 unspecified atom stereocenters. The van der Waals surface area contributed by atoms with Gasteiger partial charge in [-0.2, -0.15) is 0 Å². The van der Waals surface area contributed by atoms with Gasteiger partial charge >= 0.3 is 0 Å². The molecule has 27 heavy (non-hydrogen) atoms. The lowest BCUT2D eigenvalue weighted by molar-refractivity contribution is 0.104. The minimum atomic E-state index is -0.665. The minimum Gasteiger partial charge on any atom is -0.491 e. The molecule has 2 rings (SSSR count). The Morgan fingerprint density at radius 3 is 1.59 bits per heavy atom. The van der Waals surface area contributed by atoms with Crippen LogP contribution in [0.5, 0.6) is 11.5 Å². The Bertz CT molecular complexity index is 623. The van der Waals surface area contributed by atoms with Crippen molar-refractivity contribution in [2.45, 2.75) is 44.8 Å². The highest BCUT2D eigenvalue weighted by Crippen LogP contribution is 2.33. The summed E-state index contributed by atoms with van der Waals surface area (Å²) in [5.74, 6) is 1.61. The van der Waals surface area contributed by atoms with Gasteiger partial charge in [-0.05, 0) is 41.8 Å². The topological polar surface area (TPSA) is 58.9 Å². The Morgan fingerprint density at radius 2 is 1.22 bits per heavy atom. The number of hydrogen-bond acceptors (Lipinski definition) is 4. The van der Waals surface area contributed by atoms with Crippen molar-refractivity contribution >= 4 is 11.6 Å². The number of aliphatic hydroxyl groups excluding tert-OH is 2. The molecular weight excluding hydrogens is 364 g/mol. The third-order valence-corrected chi connectivity index (χ3v) is 5.04. The first-order valence-electron chi connectivity index (χ1n) is 9.25. The molecule has 2 N–H and O–H groups in total. The third-order valence-electron chi connectivity index (χ3n) is 4.69. The summed E-state index contributed by atoms with van der Waals surface area (Å²) in [6.07, 6.45) is -0.426. The zero-order valence-corrected chi connectivity index (χ0v) is 16.9. The van der Waals surface area contributed by atoms with Crippen molar-refractivity contribution in [2.24, 2.45) is 0 Å². The maximum absolute atomic E-state index is 9.60. The van der Waals surface area contributed by atoms with E-state index in [9.17, 15) is 10.2 Å². The monoisotopic (exact) mass is 392 g/mol. The summed E-state index contributed by atoms with van der Waals surface area (Å²) >= 11 is 5.57. The molecule has 0 bridgehead atoms. The van der Waals surface area contributed by atoms with Crippen molar-refractivity contribution < 1.29 is 19.7 Å². The Kier molecular flexibility index (Phi) is 7.96. The quantitative estimate of drug-likeness (QED) is 0.596. The van der Waals surface area contributed by atoms with Gasteiger partial charge < -0.3 is 19.7 Å². The van der Waals surface area contributed by atoms with Crippen LogP contribution in [0.2, 0.25) is 0 Å². The Balaban J connectivity index is 2.04. The zero-order chi connectivity index (χ0) is 19.9. The van der Waals surface area contributed by atoms with Gasteiger partial charge in [-0.3, -0.25) is 0 Å². The third kappa shape index (κ3) is 6.13. The first-order valence-corrected chi connectivity index (χ1v) is 9.79. The van der Waals surface area contributed by atoms with Crippen molar-refractivity contribution in [3.63, 3.8) is 0 Å². The molecule has 4 nitrogen and oxygen atoms in total. The fourth-order valence-electron chi connectivity index (χ4n) is 2.65. The number of ether oxygens (including phenoxy) is 2. The molecule has 0 aliphatic heterocycles. The van der Waals surface area contributed by atoms with Gasteiger partial charge in [0.05, 0.1) is 12.0 Å². The Morgan fingerprint density at radius 1 is 0.815 bits per heavy atom. The van der Waals surface area contributed by atoms with Crippen LogP contribution in [0.3, 0.4) is 0 Å². The molecule has 2 aromatic carbocycles. The number of aliphatic hydroxyl groups is 2. The molecule has 0 aromatic heterocycles. The van der Waals surface area contributed by atoms with E-state index in [0.717, 1.165) is 16.9 Å². The largest absolute Gasteiger partial charge is 0.491 e. The molecule has 0 saturated heterocycles. The number of alkyl halides is 1. The van der Waals surface area contributed by atoms with Crippen LogP contribution in [0.1, 0.15) is 38.3 Å². The molecule has 0 radical (unpaired) electrons. The summed E-state index contributed by atoms with van der Waals surface area (Å²) in [7, 11) is 0. The van der Waals surface area contributed by atoms with Gasteiger partial charge in [0.15, 0.2) is 0 Å². The highest BCUT2D eigenvalue weighted by Gasteiger charge is 2.23. The molecule has 0 heterocycles. The maximum atomic E-state index is 9.60. The lowest BCUT2D eigenvalue weighted by atomic mass is 9.78. The predicted octanol–water partition coefficient (Wildman–Crippen LogP) is 4.14. The molecule has 0 saturated carbocycles. The molecule has 0 spiro atoms. The maximum Gasteiger partial charge on any atom is 0.119 e. The normalized spacial score (nSPS) is 13.9. The summed E-state index contributed by atoms with van der Waals surface area (Å²) in [6.45, 7) is 6.74. The summed E-state index contributed by atoms with van der Waals surface area (Å²) in [5, 5.41) is 19.1. The molecular formula is C22H29ClO4. The van der Waals surface area contributed by atoms with Crippen LogP contribution >= 0.6 is 11.6 Å². The van der Waals surface area contributed by atoms with Gasteiger partial charge in [-0.15, -0.1) is 11.6 Å². The minimum absolute atomic E-state index is 0.155. The number of hydrogen-bond donors (Lipinski definition) is 2. The van der Waals surface area contributed by atoms with Gasteiger partial charge in [0, 0.05) is 5.41 Å². The van der Waals surface area contributed by atoms with Crippen LogP contribution in [0, 0.1) is 0 Å². The van der Waals surface area contributed by atoms with E-state index in [1.165, 1.54) is 0 Å². The average molecular weight is 393 g/mol. The Labute approximate surface area is 166 Å². The molecule has 0 aliphatic rings. The molecule has 5 heteroatoms. The van der Waals surface area contributed by atoms with Crippen LogP contribution < -0.4 is 9.47 Å². The van der Waals surface area contributed by atoms with E-state index in [2.05, 4.69) is 26.0 Å². The van der Waals surface area contributed by atoms with Gasteiger partial charge in [0.1, 0.15) is 30.8 Å². The smallest absolute Gasteiger partial charge is 0.119 e. The SMILES string of the molecule is CCC(O)COc1ccc(C(C)(C)c2ccc(OCC(O)CCl)cc2)cc1. The van der Waals surface area contributed by atoms with Crippen LogP contribution in [0.4, 0.5) is 0 Å². The summed E-state index contributed by atoms with van der Waals surface area (Å²) < 4.78 is 11.1. The van der Waals surface area contributed by atoms with Crippen LogP contribution in [-0.4, -0.2) is 41.5 Å². The van der Waals surface area contributed by atoms with Crippen LogP contribution in [-0.2, 0) is 5.41 Å². The highest BCUT2D eigenvalue weighted by molar-refractivity contribution is 6.18. The van der Waals surface area contributed by atoms with E-state index in [0.29, 0.717) is 18.8 Å². The number of rotatable bonds is 10. The summed E-state index contributed by atoms with van der Waals surface area (Å²) in [6, 6.07) is 15.8. The van der Waals surface area contributed by atoms with E-state index in [4.69, 9.17) is 21.1 Å². The van der Waals surface area contributed by atoms with Gasteiger partial charge in [0.2, 0.25) is 0 Å².